The zero-order valence-corrected chi connectivity index (χ0v) is 16.5. The molecule has 1 aromatic carbocycles. The number of aromatic nitrogens is 3. The molecule has 1 aromatic heterocycles. The lowest BCUT2D eigenvalue weighted by molar-refractivity contribution is 0.0323. The Bertz CT molecular complexity index is 883. The van der Waals surface area contributed by atoms with Crippen LogP contribution in [0.1, 0.15) is 57.4 Å². The van der Waals surface area contributed by atoms with Gasteiger partial charge in [-0.2, -0.15) is 5.10 Å². The van der Waals surface area contributed by atoms with Crippen molar-refractivity contribution in [2.75, 3.05) is 6.54 Å². The van der Waals surface area contributed by atoms with Gasteiger partial charge in [-0.3, -0.25) is 9.47 Å². The van der Waals surface area contributed by atoms with Crippen molar-refractivity contribution in [3.8, 4) is 11.4 Å². The minimum Gasteiger partial charge on any atom is -0.297 e. The first kappa shape index (κ1) is 17.6. The lowest BCUT2D eigenvalue weighted by Gasteiger charge is -2.43. The number of benzene rings is 1. The molecule has 27 heavy (non-hydrogen) atoms. The maximum absolute atomic E-state index is 14.5. The van der Waals surface area contributed by atoms with Crippen LogP contribution < -0.4 is 0 Å². The van der Waals surface area contributed by atoms with Crippen molar-refractivity contribution in [3.63, 3.8) is 0 Å². The van der Waals surface area contributed by atoms with Crippen LogP contribution in [0.15, 0.2) is 24.3 Å². The molecule has 4 nitrogen and oxygen atoms in total. The molecule has 0 N–H and O–H groups in total. The molecule has 2 atom stereocenters. The van der Waals surface area contributed by atoms with Gasteiger partial charge in [-0.05, 0) is 68.8 Å². The van der Waals surface area contributed by atoms with Crippen LogP contribution in [-0.4, -0.2) is 31.8 Å². The largest absolute Gasteiger partial charge is 0.297 e. The molecule has 1 saturated heterocycles. The third-order valence-corrected chi connectivity index (χ3v) is 6.98. The highest BCUT2D eigenvalue weighted by Crippen LogP contribution is 2.39. The monoisotopic (exact) mass is 386 g/mol. The third kappa shape index (κ3) is 3.27. The van der Waals surface area contributed by atoms with Gasteiger partial charge in [-0.15, -0.1) is 0 Å². The van der Waals surface area contributed by atoms with Crippen molar-refractivity contribution >= 4 is 12.2 Å². The maximum Gasteiger partial charge on any atom is 0.199 e. The Morgan fingerprint density at radius 3 is 2.63 bits per heavy atom. The van der Waals surface area contributed by atoms with Gasteiger partial charge in [0, 0.05) is 18.6 Å². The molecular formula is C21H27FN4S. The molecule has 0 amide bonds. The maximum atomic E-state index is 14.5. The van der Waals surface area contributed by atoms with Crippen molar-refractivity contribution in [2.24, 2.45) is 5.92 Å². The second-order valence-corrected chi connectivity index (χ2v) is 8.76. The average Bonchev–Trinajstić information content (AvgIpc) is 3.47. The summed E-state index contributed by atoms with van der Waals surface area (Å²) in [5, 5.41) is 4.83. The topological polar surface area (TPSA) is 26.0 Å². The van der Waals surface area contributed by atoms with E-state index in [-0.39, 0.29) is 5.82 Å². The Morgan fingerprint density at radius 1 is 1.04 bits per heavy atom. The van der Waals surface area contributed by atoms with Crippen LogP contribution >= 0.6 is 12.2 Å². The molecule has 2 aromatic rings. The zero-order chi connectivity index (χ0) is 18.4. The molecule has 0 radical (unpaired) electrons. The van der Waals surface area contributed by atoms with Gasteiger partial charge in [0.25, 0.3) is 0 Å². The van der Waals surface area contributed by atoms with Gasteiger partial charge in [0.1, 0.15) is 5.82 Å². The highest BCUT2D eigenvalue weighted by molar-refractivity contribution is 7.71. The predicted octanol–water partition coefficient (Wildman–Crippen LogP) is 5.17. The fourth-order valence-electron chi connectivity index (χ4n) is 5.08. The van der Waals surface area contributed by atoms with Gasteiger partial charge in [-0.25, -0.2) is 9.07 Å². The van der Waals surface area contributed by atoms with E-state index in [1.54, 1.807) is 6.07 Å². The number of piperidine rings is 1. The summed E-state index contributed by atoms with van der Waals surface area (Å²) in [6.07, 6.45) is 10.2. The molecular weight excluding hydrogens is 359 g/mol. The van der Waals surface area contributed by atoms with Gasteiger partial charge >= 0.3 is 0 Å². The number of likely N-dealkylation sites (tertiary alicyclic amines) is 1. The van der Waals surface area contributed by atoms with Crippen molar-refractivity contribution in [1.82, 2.24) is 19.2 Å². The van der Waals surface area contributed by atoms with Crippen molar-refractivity contribution in [2.45, 2.75) is 70.1 Å². The predicted molar refractivity (Wildman–Crippen MR) is 106 cm³/mol. The van der Waals surface area contributed by atoms with Crippen LogP contribution in [0.25, 0.3) is 11.4 Å². The highest BCUT2D eigenvalue weighted by Gasteiger charge is 2.34. The van der Waals surface area contributed by atoms with Crippen molar-refractivity contribution in [3.05, 3.63) is 34.9 Å². The first-order valence-electron chi connectivity index (χ1n) is 10.4. The number of fused-ring (bicyclic) bond motifs is 1. The Morgan fingerprint density at radius 2 is 1.81 bits per heavy atom. The van der Waals surface area contributed by atoms with Crippen LogP contribution in [0.3, 0.4) is 0 Å². The van der Waals surface area contributed by atoms with Gasteiger partial charge in [0.05, 0.1) is 12.2 Å². The molecule has 0 unspecified atom stereocenters. The molecule has 3 fully saturated rings. The molecule has 2 heterocycles. The Balaban J connectivity index is 1.49. The Hall–Kier alpha value is -1.53. The van der Waals surface area contributed by atoms with Crippen LogP contribution in [0.4, 0.5) is 4.39 Å². The molecule has 3 aliphatic rings. The SMILES string of the molecule is Fc1ccccc1-c1nn(CN2CCC[C@H]3CCCC[C@@H]32)c(=S)n1C1CC1. The number of halogens is 1. The number of rotatable bonds is 4. The lowest BCUT2D eigenvalue weighted by Crippen LogP contribution is -2.47. The molecule has 6 heteroatoms. The van der Waals surface area contributed by atoms with E-state index in [4.69, 9.17) is 17.3 Å². The molecule has 0 spiro atoms. The zero-order valence-electron chi connectivity index (χ0n) is 15.7. The molecule has 2 aliphatic carbocycles. The van der Waals surface area contributed by atoms with E-state index in [2.05, 4.69) is 9.47 Å². The van der Waals surface area contributed by atoms with E-state index in [1.807, 2.05) is 16.8 Å². The van der Waals surface area contributed by atoms with E-state index in [0.717, 1.165) is 36.7 Å². The standard InChI is InChI=1S/C21H27FN4S/c22-18-9-3-2-8-17(18)20-23-25(21(27)26(20)16-11-12-16)14-24-13-5-7-15-6-1-4-10-19(15)24/h2-3,8-9,15-16,19H,1,4-7,10-14H2/t15-,19+/m1/s1. The van der Waals surface area contributed by atoms with E-state index < -0.39 is 0 Å². The molecule has 1 aliphatic heterocycles. The van der Waals surface area contributed by atoms with Crippen LogP contribution in [-0.2, 0) is 6.67 Å². The Kier molecular flexibility index (Phi) is 4.64. The fourth-order valence-corrected chi connectivity index (χ4v) is 5.41. The number of nitrogens with zero attached hydrogens (tertiary/aromatic N) is 4. The highest BCUT2D eigenvalue weighted by atomic mass is 32.1. The summed E-state index contributed by atoms with van der Waals surface area (Å²) in [7, 11) is 0. The number of hydrogen-bond donors (Lipinski definition) is 0. The molecule has 0 bridgehead atoms. The van der Waals surface area contributed by atoms with Gasteiger partial charge in [-0.1, -0.05) is 25.0 Å². The van der Waals surface area contributed by atoms with Crippen molar-refractivity contribution in [1.29, 1.82) is 0 Å². The quantitative estimate of drug-likeness (QED) is 0.678. The molecule has 2 saturated carbocycles. The van der Waals surface area contributed by atoms with E-state index in [9.17, 15) is 4.39 Å². The van der Waals surface area contributed by atoms with Gasteiger partial charge < -0.3 is 0 Å². The molecule has 5 rings (SSSR count). The van der Waals surface area contributed by atoms with Crippen LogP contribution in [0, 0.1) is 16.5 Å². The van der Waals surface area contributed by atoms with Gasteiger partial charge in [0.15, 0.2) is 10.6 Å². The summed E-state index contributed by atoms with van der Waals surface area (Å²) in [6.45, 7) is 1.86. The summed E-state index contributed by atoms with van der Waals surface area (Å²) in [6, 6.07) is 7.96. The van der Waals surface area contributed by atoms with E-state index >= 15 is 0 Å². The summed E-state index contributed by atoms with van der Waals surface area (Å²) in [5.74, 6) is 1.30. The van der Waals surface area contributed by atoms with Crippen molar-refractivity contribution < 1.29 is 4.39 Å². The summed E-state index contributed by atoms with van der Waals surface area (Å²) < 4.78 is 19.2. The van der Waals surface area contributed by atoms with E-state index in [0.29, 0.717) is 23.5 Å². The summed E-state index contributed by atoms with van der Waals surface area (Å²) in [5.41, 5.74) is 0.559. The number of hydrogen-bond acceptors (Lipinski definition) is 3. The van der Waals surface area contributed by atoms with Crippen LogP contribution in [0.5, 0.6) is 0 Å². The minimum atomic E-state index is -0.225. The smallest absolute Gasteiger partial charge is 0.199 e. The first-order chi connectivity index (χ1) is 13.2. The summed E-state index contributed by atoms with van der Waals surface area (Å²) >= 11 is 5.80. The van der Waals surface area contributed by atoms with E-state index in [1.165, 1.54) is 44.6 Å². The third-order valence-electron chi connectivity index (χ3n) is 6.57. The van der Waals surface area contributed by atoms with Crippen LogP contribution in [0.2, 0.25) is 0 Å². The molecule has 144 valence electrons. The average molecular weight is 387 g/mol. The first-order valence-corrected chi connectivity index (χ1v) is 10.8. The Labute approximate surface area is 165 Å². The second-order valence-electron chi connectivity index (χ2n) is 8.39. The van der Waals surface area contributed by atoms with Gasteiger partial charge in [0.2, 0.25) is 0 Å². The second kappa shape index (κ2) is 7.13. The normalized spacial score (nSPS) is 26.1. The minimum absolute atomic E-state index is 0.225. The lowest BCUT2D eigenvalue weighted by atomic mass is 9.78. The summed E-state index contributed by atoms with van der Waals surface area (Å²) in [4.78, 5) is 2.58. The fraction of sp³-hybridized carbons (Fsp3) is 0.619.